The van der Waals surface area contributed by atoms with E-state index in [1.165, 1.54) is 18.3 Å². The van der Waals surface area contributed by atoms with E-state index in [4.69, 9.17) is 0 Å². The highest BCUT2D eigenvalue weighted by Crippen LogP contribution is 2.22. The van der Waals surface area contributed by atoms with Gasteiger partial charge in [0.25, 0.3) is 5.91 Å². The molecule has 1 N–H and O–H groups in total. The molecule has 2 heterocycles. The van der Waals surface area contributed by atoms with Crippen LogP contribution in [0.2, 0.25) is 0 Å². The number of hydrogen-bond acceptors (Lipinski definition) is 4. The molecule has 3 rings (SSSR count). The predicted molar refractivity (Wildman–Crippen MR) is 93.3 cm³/mol. The van der Waals surface area contributed by atoms with Gasteiger partial charge in [-0.3, -0.25) is 9.59 Å². The van der Waals surface area contributed by atoms with Crippen LogP contribution in [0.25, 0.3) is 0 Å². The largest absolute Gasteiger partial charge is 0.381 e. The summed E-state index contributed by atoms with van der Waals surface area (Å²) in [7, 11) is 0. The maximum absolute atomic E-state index is 12.6. The number of para-hydroxylation sites is 1. The Hall–Kier alpha value is -2.14. The Labute approximate surface area is 140 Å². The molecule has 4 nitrogen and oxygen atoms in total. The van der Waals surface area contributed by atoms with Crippen LogP contribution in [0.15, 0.2) is 42.5 Å². The lowest BCUT2D eigenvalue weighted by atomic mass is 10.0. The summed E-state index contributed by atoms with van der Waals surface area (Å²) in [6.07, 6.45) is 2.04. The van der Waals surface area contributed by atoms with Crippen molar-refractivity contribution in [2.24, 2.45) is 0 Å². The van der Waals surface area contributed by atoms with Crippen LogP contribution >= 0.6 is 11.3 Å². The first kappa shape index (κ1) is 15.7. The summed E-state index contributed by atoms with van der Waals surface area (Å²) in [4.78, 5) is 27.2. The summed E-state index contributed by atoms with van der Waals surface area (Å²) in [5.74, 6) is 0.0402. The summed E-state index contributed by atoms with van der Waals surface area (Å²) in [6.45, 7) is 3.00. The molecule has 0 spiro atoms. The van der Waals surface area contributed by atoms with E-state index in [0.29, 0.717) is 16.3 Å². The molecular formula is C18H20N2O2S. The van der Waals surface area contributed by atoms with Crippen molar-refractivity contribution in [3.63, 3.8) is 0 Å². The maximum Gasteiger partial charge on any atom is 0.264 e. The number of benzene rings is 1. The average Bonchev–Trinajstić information content (AvgIpc) is 3.06. The Morgan fingerprint density at radius 1 is 1.13 bits per heavy atom. The second-order valence-corrected chi connectivity index (χ2v) is 6.90. The lowest BCUT2D eigenvalue weighted by Crippen LogP contribution is -2.44. The zero-order valence-electron chi connectivity index (χ0n) is 13.1. The highest BCUT2D eigenvalue weighted by atomic mass is 32.1. The van der Waals surface area contributed by atoms with Gasteiger partial charge < -0.3 is 10.2 Å². The molecular weight excluding hydrogens is 308 g/mol. The molecule has 1 aromatic carbocycles. The van der Waals surface area contributed by atoms with Gasteiger partial charge in [-0.1, -0.05) is 18.2 Å². The minimum absolute atomic E-state index is 0.0105. The standard InChI is InChI=1S/C18H20N2O2S/c1-13(21)16-9-10-17(23-16)18(22)20-11-5-8-15(12-20)19-14-6-3-2-4-7-14/h2-4,6-7,9-10,15,19H,5,8,11-12H2,1H3/t15-/m0/s1. The summed E-state index contributed by atoms with van der Waals surface area (Å²) in [5.41, 5.74) is 1.08. The minimum Gasteiger partial charge on any atom is -0.381 e. The number of anilines is 1. The molecule has 2 aromatic rings. The van der Waals surface area contributed by atoms with Crippen LogP contribution in [0.1, 0.15) is 39.1 Å². The fourth-order valence-electron chi connectivity index (χ4n) is 2.85. The number of amides is 1. The number of rotatable bonds is 4. The first-order valence-corrected chi connectivity index (χ1v) is 8.67. The number of nitrogens with zero attached hydrogens (tertiary/aromatic N) is 1. The minimum atomic E-state index is 0.0105. The van der Waals surface area contributed by atoms with Crippen molar-refractivity contribution in [1.29, 1.82) is 0 Å². The molecule has 0 radical (unpaired) electrons. The van der Waals surface area contributed by atoms with Gasteiger partial charge in [-0.05, 0) is 44.0 Å². The summed E-state index contributed by atoms with van der Waals surface area (Å²) in [5, 5.41) is 3.50. The van der Waals surface area contributed by atoms with Gasteiger partial charge in [-0.2, -0.15) is 0 Å². The Bertz CT molecular complexity index is 696. The first-order chi connectivity index (χ1) is 11.1. The van der Waals surface area contributed by atoms with Crippen molar-refractivity contribution < 1.29 is 9.59 Å². The Balaban J connectivity index is 1.65. The van der Waals surface area contributed by atoms with E-state index >= 15 is 0 Å². The maximum atomic E-state index is 12.6. The molecule has 1 aliphatic rings. The van der Waals surface area contributed by atoms with E-state index in [2.05, 4.69) is 5.32 Å². The molecule has 0 saturated carbocycles. The molecule has 1 saturated heterocycles. The van der Waals surface area contributed by atoms with E-state index in [1.807, 2.05) is 35.2 Å². The van der Waals surface area contributed by atoms with Crippen LogP contribution < -0.4 is 5.32 Å². The molecule has 120 valence electrons. The summed E-state index contributed by atoms with van der Waals surface area (Å²) in [6, 6.07) is 13.8. The zero-order chi connectivity index (χ0) is 16.2. The molecule has 1 atom stereocenters. The van der Waals surface area contributed by atoms with Gasteiger partial charge in [0.1, 0.15) is 0 Å². The third-order valence-corrected chi connectivity index (χ3v) is 5.19. The van der Waals surface area contributed by atoms with Crippen molar-refractivity contribution in [3.05, 3.63) is 52.2 Å². The number of piperidine rings is 1. The van der Waals surface area contributed by atoms with Crippen LogP contribution in [0.5, 0.6) is 0 Å². The average molecular weight is 328 g/mol. The molecule has 23 heavy (non-hydrogen) atoms. The van der Waals surface area contributed by atoms with E-state index in [1.54, 1.807) is 12.1 Å². The predicted octanol–water partition coefficient (Wildman–Crippen LogP) is 3.67. The first-order valence-electron chi connectivity index (χ1n) is 7.85. The van der Waals surface area contributed by atoms with E-state index < -0.39 is 0 Å². The van der Waals surface area contributed by atoms with E-state index in [0.717, 1.165) is 25.1 Å². The number of carbonyl (C=O) groups excluding carboxylic acids is 2. The van der Waals surface area contributed by atoms with Crippen molar-refractivity contribution >= 4 is 28.7 Å². The van der Waals surface area contributed by atoms with Gasteiger partial charge in [0.05, 0.1) is 9.75 Å². The number of carbonyl (C=O) groups is 2. The van der Waals surface area contributed by atoms with E-state index in [9.17, 15) is 9.59 Å². The lowest BCUT2D eigenvalue weighted by Gasteiger charge is -2.33. The molecule has 0 unspecified atom stereocenters. The Kier molecular flexibility index (Phi) is 4.76. The van der Waals surface area contributed by atoms with Gasteiger partial charge >= 0.3 is 0 Å². The number of Topliss-reactive ketones (excluding diaryl/α,β-unsaturated/α-hetero) is 1. The van der Waals surface area contributed by atoms with Crippen LogP contribution in [0.4, 0.5) is 5.69 Å². The molecule has 1 aliphatic heterocycles. The molecule has 1 aromatic heterocycles. The number of likely N-dealkylation sites (tertiary alicyclic amines) is 1. The second-order valence-electron chi connectivity index (χ2n) is 5.82. The number of nitrogens with one attached hydrogen (secondary N) is 1. The Morgan fingerprint density at radius 2 is 1.87 bits per heavy atom. The van der Waals surface area contributed by atoms with Crippen LogP contribution in [-0.2, 0) is 0 Å². The summed E-state index contributed by atoms with van der Waals surface area (Å²) >= 11 is 1.29. The molecule has 0 bridgehead atoms. The van der Waals surface area contributed by atoms with Gasteiger partial charge in [0.2, 0.25) is 0 Å². The highest BCUT2D eigenvalue weighted by molar-refractivity contribution is 7.15. The Morgan fingerprint density at radius 3 is 2.57 bits per heavy atom. The second kappa shape index (κ2) is 6.96. The molecule has 0 aliphatic carbocycles. The topological polar surface area (TPSA) is 49.4 Å². The third-order valence-electron chi connectivity index (χ3n) is 4.02. The summed E-state index contributed by atoms with van der Waals surface area (Å²) < 4.78 is 0. The molecule has 5 heteroatoms. The SMILES string of the molecule is CC(=O)c1ccc(C(=O)N2CCC[C@H](Nc3ccccc3)C2)s1. The third kappa shape index (κ3) is 3.79. The fourth-order valence-corrected chi connectivity index (χ4v) is 3.72. The van der Waals surface area contributed by atoms with E-state index in [-0.39, 0.29) is 17.7 Å². The number of ketones is 1. The van der Waals surface area contributed by atoms with Crippen LogP contribution in [0.3, 0.4) is 0 Å². The zero-order valence-corrected chi connectivity index (χ0v) is 13.9. The van der Waals surface area contributed by atoms with Crippen molar-refractivity contribution in [3.8, 4) is 0 Å². The van der Waals surface area contributed by atoms with Crippen molar-refractivity contribution in [2.75, 3.05) is 18.4 Å². The van der Waals surface area contributed by atoms with Gasteiger partial charge in [-0.15, -0.1) is 11.3 Å². The normalized spacial score (nSPS) is 17.8. The van der Waals surface area contributed by atoms with Gasteiger partial charge in [0.15, 0.2) is 5.78 Å². The van der Waals surface area contributed by atoms with Crippen LogP contribution in [-0.4, -0.2) is 35.7 Å². The molecule has 1 amide bonds. The highest BCUT2D eigenvalue weighted by Gasteiger charge is 2.25. The van der Waals surface area contributed by atoms with Crippen molar-refractivity contribution in [2.45, 2.75) is 25.8 Å². The number of hydrogen-bond donors (Lipinski definition) is 1. The number of thiophene rings is 1. The lowest BCUT2D eigenvalue weighted by molar-refractivity contribution is 0.0719. The van der Waals surface area contributed by atoms with Crippen molar-refractivity contribution in [1.82, 2.24) is 4.90 Å². The van der Waals surface area contributed by atoms with Gasteiger partial charge in [0, 0.05) is 24.8 Å². The fraction of sp³-hybridized carbons (Fsp3) is 0.333. The monoisotopic (exact) mass is 328 g/mol. The quantitative estimate of drug-likeness (QED) is 0.871. The molecule has 1 fully saturated rings. The van der Waals surface area contributed by atoms with Gasteiger partial charge in [-0.25, -0.2) is 0 Å². The smallest absolute Gasteiger partial charge is 0.264 e. The van der Waals surface area contributed by atoms with Crippen LogP contribution in [0, 0.1) is 0 Å².